The van der Waals surface area contributed by atoms with Gasteiger partial charge in [-0.05, 0) is 18.4 Å². The van der Waals surface area contributed by atoms with Crippen LogP contribution >= 0.6 is 0 Å². The van der Waals surface area contributed by atoms with Crippen molar-refractivity contribution in [3.8, 4) is 0 Å². The van der Waals surface area contributed by atoms with Gasteiger partial charge >= 0.3 is 5.97 Å². The Morgan fingerprint density at radius 3 is 2.55 bits per heavy atom. The predicted octanol–water partition coefficient (Wildman–Crippen LogP) is 2.88. The molecule has 1 rings (SSSR count). The number of ether oxygens (including phenoxy) is 1. The van der Waals surface area contributed by atoms with Crippen molar-refractivity contribution < 1.29 is 24.5 Å². The number of hydrogen-bond acceptors (Lipinski definition) is 6. The highest BCUT2D eigenvalue weighted by molar-refractivity contribution is 5.79. The molecule has 1 aromatic rings. The maximum Gasteiger partial charge on any atom is 0.312 e. The van der Waals surface area contributed by atoms with Gasteiger partial charge in [-0.1, -0.05) is 49.3 Å². The lowest BCUT2D eigenvalue weighted by Crippen LogP contribution is -2.36. The Bertz CT molecular complexity index is 461. The van der Waals surface area contributed by atoms with Crippen molar-refractivity contribution in [1.82, 2.24) is 0 Å². The molecule has 0 saturated carbocycles. The van der Waals surface area contributed by atoms with Gasteiger partial charge < -0.3 is 9.57 Å². The fourth-order valence-electron chi connectivity index (χ4n) is 2.00. The molecule has 0 spiro atoms. The van der Waals surface area contributed by atoms with Gasteiger partial charge in [-0.25, -0.2) is 4.89 Å². The van der Waals surface area contributed by atoms with Crippen molar-refractivity contribution >= 4 is 12.2 Å². The molecule has 0 aliphatic rings. The van der Waals surface area contributed by atoms with E-state index < -0.39 is 18.0 Å². The molecule has 0 amide bonds. The highest BCUT2D eigenvalue weighted by Crippen LogP contribution is 2.19. The third kappa shape index (κ3) is 5.83. The first-order valence-corrected chi connectivity index (χ1v) is 7.26. The molecule has 0 aromatic heterocycles. The van der Waals surface area contributed by atoms with Crippen LogP contribution in [-0.4, -0.2) is 30.2 Å². The minimum atomic E-state index is -0.921. The molecule has 1 N–H and O–H groups in total. The van der Waals surface area contributed by atoms with E-state index in [1.54, 1.807) is 6.92 Å². The van der Waals surface area contributed by atoms with Crippen LogP contribution in [0.2, 0.25) is 0 Å². The molecule has 0 saturated heterocycles. The van der Waals surface area contributed by atoms with Crippen molar-refractivity contribution in [2.75, 3.05) is 6.61 Å². The van der Waals surface area contributed by atoms with E-state index in [-0.39, 0.29) is 12.5 Å². The summed E-state index contributed by atoms with van der Waals surface area (Å²) in [5, 5.41) is 12.8. The summed E-state index contributed by atoms with van der Waals surface area (Å²) in [5.41, 5.74) is 0.965. The van der Waals surface area contributed by atoms with Crippen LogP contribution in [0.1, 0.15) is 26.3 Å². The minimum Gasteiger partial charge on any atom is -0.466 e. The molecule has 2 atom stereocenters. The Morgan fingerprint density at radius 1 is 1.32 bits per heavy atom. The van der Waals surface area contributed by atoms with Crippen LogP contribution in [0.25, 0.3) is 0 Å². The van der Waals surface area contributed by atoms with Crippen LogP contribution in [0, 0.1) is 11.8 Å². The average molecular weight is 309 g/mol. The third-order valence-corrected chi connectivity index (χ3v) is 3.11. The topological polar surface area (TPSA) is 77.4 Å². The Kier molecular flexibility index (Phi) is 8.17. The predicted molar refractivity (Wildman–Crippen MR) is 82.2 cm³/mol. The molecule has 0 bridgehead atoms. The lowest BCUT2D eigenvalue weighted by Gasteiger charge is -2.22. The number of benzene rings is 1. The van der Waals surface area contributed by atoms with Crippen molar-refractivity contribution in [3.63, 3.8) is 0 Å². The number of carbonyl (C=O) groups excluding carboxylic acids is 1. The largest absolute Gasteiger partial charge is 0.466 e. The van der Waals surface area contributed by atoms with Gasteiger partial charge in [0, 0.05) is 0 Å². The van der Waals surface area contributed by atoms with Crippen LogP contribution in [-0.2, 0) is 25.9 Å². The number of carbonyl (C=O) groups is 1. The first-order valence-electron chi connectivity index (χ1n) is 7.26. The molecule has 2 unspecified atom stereocenters. The molecule has 0 heterocycles. The van der Waals surface area contributed by atoms with E-state index in [2.05, 4.69) is 10.0 Å². The molecule has 0 aliphatic heterocycles. The zero-order chi connectivity index (χ0) is 16.4. The molecule has 0 aliphatic carbocycles. The summed E-state index contributed by atoms with van der Waals surface area (Å²) in [6.45, 7) is 5.96. The van der Waals surface area contributed by atoms with E-state index >= 15 is 0 Å². The van der Waals surface area contributed by atoms with Crippen LogP contribution < -0.4 is 0 Å². The Morgan fingerprint density at radius 2 is 2.00 bits per heavy atom. The Hall–Kier alpha value is -1.92. The fourth-order valence-corrected chi connectivity index (χ4v) is 2.00. The SMILES string of the molecule is CCOC(=O)C(C(C)C)C(/C=N\OCc1ccccc1)OO. The van der Waals surface area contributed by atoms with Crippen LogP contribution in [0.15, 0.2) is 35.5 Å². The smallest absolute Gasteiger partial charge is 0.312 e. The van der Waals surface area contributed by atoms with E-state index in [1.807, 2.05) is 44.2 Å². The molecule has 6 heteroatoms. The van der Waals surface area contributed by atoms with E-state index in [0.29, 0.717) is 6.61 Å². The van der Waals surface area contributed by atoms with Crippen LogP contribution in [0.5, 0.6) is 0 Å². The zero-order valence-corrected chi connectivity index (χ0v) is 13.1. The van der Waals surface area contributed by atoms with E-state index in [1.165, 1.54) is 6.21 Å². The second kappa shape index (κ2) is 9.92. The maximum atomic E-state index is 11.9. The summed E-state index contributed by atoms with van der Waals surface area (Å²) < 4.78 is 4.99. The number of nitrogens with zero attached hydrogens (tertiary/aromatic N) is 1. The Balaban J connectivity index is 2.60. The summed E-state index contributed by atoms with van der Waals surface area (Å²) in [7, 11) is 0. The summed E-state index contributed by atoms with van der Waals surface area (Å²) in [5.74, 6) is -1.18. The van der Waals surface area contributed by atoms with Gasteiger partial charge in [0.2, 0.25) is 0 Å². The first kappa shape index (κ1) is 18.1. The molecule has 1 aromatic carbocycles. The average Bonchev–Trinajstić information content (AvgIpc) is 2.51. The zero-order valence-electron chi connectivity index (χ0n) is 13.1. The van der Waals surface area contributed by atoms with E-state index in [9.17, 15) is 4.79 Å². The van der Waals surface area contributed by atoms with Crippen molar-refractivity contribution in [1.29, 1.82) is 0 Å². The fraction of sp³-hybridized carbons (Fsp3) is 0.500. The summed E-state index contributed by atoms with van der Waals surface area (Å²) >= 11 is 0. The molecule has 122 valence electrons. The molecule has 0 fully saturated rings. The number of oxime groups is 1. The molecule has 0 radical (unpaired) electrons. The van der Waals surface area contributed by atoms with Crippen molar-refractivity contribution in [2.24, 2.45) is 17.0 Å². The lowest BCUT2D eigenvalue weighted by molar-refractivity contribution is -0.272. The van der Waals surface area contributed by atoms with Gasteiger partial charge in [0.1, 0.15) is 12.7 Å². The van der Waals surface area contributed by atoms with Gasteiger partial charge in [-0.2, -0.15) is 0 Å². The summed E-state index contributed by atoms with van der Waals surface area (Å²) in [6.07, 6.45) is 0.347. The molecule has 22 heavy (non-hydrogen) atoms. The first-order chi connectivity index (χ1) is 10.6. The standard InChI is InChI=1S/C16H23NO5/c1-4-20-16(18)15(12(2)3)14(22-19)10-17-21-11-13-8-6-5-7-9-13/h5-10,12,14-15,19H,4,11H2,1-3H3/b17-10-. The Labute approximate surface area is 130 Å². The summed E-state index contributed by atoms with van der Waals surface area (Å²) in [4.78, 5) is 21.4. The highest BCUT2D eigenvalue weighted by atomic mass is 17.1. The number of hydrogen-bond donors (Lipinski definition) is 1. The molecular formula is C16H23NO5. The van der Waals surface area contributed by atoms with Gasteiger partial charge in [-0.3, -0.25) is 10.1 Å². The lowest BCUT2D eigenvalue weighted by atomic mass is 9.91. The van der Waals surface area contributed by atoms with Crippen molar-refractivity contribution in [3.05, 3.63) is 35.9 Å². The van der Waals surface area contributed by atoms with Gasteiger partial charge in [0.25, 0.3) is 0 Å². The third-order valence-electron chi connectivity index (χ3n) is 3.11. The maximum absolute atomic E-state index is 11.9. The normalized spacial score (nSPS) is 14.0. The van der Waals surface area contributed by atoms with Gasteiger partial charge in [0.05, 0.1) is 18.7 Å². The number of esters is 1. The van der Waals surface area contributed by atoms with E-state index in [4.69, 9.17) is 14.8 Å². The van der Waals surface area contributed by atoms with Crippen LogP contribution in [0.4, 0.5) is 0 Å². The minimum absolute atomic E-state index is 0.0863. The van der Waals surface area contributed by atoms with Crippen molar-refractivity contribution in [2.45, 2.75) is 33.5 Å². The highest BCUT2D eigenvalue weighted by Gasteiger charge is 2.33. The van der Waals surface area contributed by atoms with Crippen LogP contribution in [0.3, 0.4) is 0 Å². The number of rotatable bonds is 9. The summed E-state index contributed by atoms with van der Waals surface area (Å²) in [6, 6.07) is 9.53. The second-order valence-electron chi connectivity index (χ2n) is 5.11. The second-order valence-corrected chi connectivity index (χ2v) is 5.11. The van der Waals surface area contributed by atoms with Gasteiger partial charge in [-0.15, -0.1) is 0 Å². The quantitative estimate of drug-likeness (QED) is 0.328. The van der Waals surface area contributed by atoms with Gasteiger partial charge in [0.15, 0.2) is 0 Å². The van der Waals surface area contributed by atoms with E-state index in [0.717, 1.165) is 5.56 Å². The monoisotopic (exact) mass is 309 g/mol. The molecular weight excluding hydrogens is 286 g/mol. The molecule has 6 nitrogen and oxygen atoms in total.